The SMILES string of the molecule is Cc1c(OC2CC(C#N)(c3ccc(F)cc3)C2)ccn2c(CC3CC3)nnc12. The van der Waals surface area contributed by atoms with E-state index in [9.17, 15) is 9.65 Å². The summed E-state index contributed by atoms with van der Waals surface area (Å²) in [6, 6.07) is 10.6. The fourth-order valence-electron chi connectivity index (χ4n) is 4.10. The van der Waals surface area contributed by atoms with Gasteiger partial charge in [0.25, 0.3) is 0 Å². The van der Waals surface area contributed by atoms with Crippen molar-refractivity contribution in [2.45, 2.75) is 50.5 Å². The molecule has 28 heavy (non-hydrogen) atoms. The summed E-state index contributed by atoms with van der Waals surface area (Å²) in [5.41, 5.74) is 2.05. The van der Waals surface area contributed by atoms with E-state index in [4.69, 9.17) is 4.74 Å². The molecule has 2 aromatic heterocycles. The fourth-order valence-corrected chi connectivity index (χ4v) is 4.10. The van der Waals surface area contributed by atoms with Gasteiger partial charge in [-0.05, 0) is 49.4 Å². The molecule has 142 valence electrons. The second-order valence-electron chi connectivity index (χ2n) is 8.11. The van der Waals surface area contributed by atoms with Gasteiger partial charge in [-0.25, -0.2) is 4.39 Å². The summed E-state index contributed by atoms with van der Waals surface area (Å²) < 4.78 is 21.4. The number of pyridine rings is 1. The minimum Gasteiger partial charge on any atom is -0.490 e. The first kappa shape index (κ1) is 17.2. The molecule has 2 aliphatic rings. The van der Waals surface area contributed by atoms with Crippen molar-refractivity contribution in [1.29, 1.82) is 5.26 Å². The molecule has 0 N–H and O–H groups in total. The van der Waals surface area contributed by atoms with Crippen molar-refractivity contribution < 1.29 is 9.13 Å². The van der Waals surface area contributed by atoms with Crippen molar-refractivity contribution in [3.05, 3.63) is 59.3 Å². The summed E-state index contributed by atoms with van der Waals surface area (Å²) in [4.78, 5) is 0. The highest BCUT2D eigenvalue weighted by atomic mass is 19.1. The van der Waals surface area contributed by atoms with Crippen LogP contribution in [0.5, 0.6) is 5.75 Å². The lowest BCUT2D eigenvalue weighted by Gasteiger charge is -2.42. The average molecular weight is 376 g/mol. The number of hydrogen-bond acceptors (Lipinski definition) is 4. The highest BCUT2D eigenvalue weighted by Crippen LogP contribution is 2.45. The predicted molar refractivity (Wildman–Crippen MR) is 101 cm³/mol. The summed E-state index contributed by atoms with van der Waals surface area (Å²) in [5.74, 6) is 2.26. The van der Waals surface area contributed by atoms with Gasteiger partial charge >= 0.3 is 0 Å². The third-order valence-electron chi connectivity index (χ3n) is 6.07. The molecule has 0 radical (unpaired) electrons. The summed E-state index contributed by atoms with van der Waals surface area (Å²) in [6.07, 6.45) is 6.67. The second-order valence-corrected chi connectivity index (χ2v) is 8.11. The van der Waals surface area contributed by atoms with E-state index < -0.39 is 5.41 Å². The molecular weight excluding hydrogens is 355 g/mol. The van der Waals surface area contributed by atoms with Crippen LogP contribution in [0.2, 0.25) is 0 Å². The molecule has 0 spiro atoms. The maximum absolute atomic E-state index is 13.2. The van der Waals surface area contributed by atoms with Gasteiger partial charge in [0, 0.05) is 31.0 Å². The molecule has 6 heteroatoms. The van der Waals surface area contributed by atoms with Gasteiger partial charge in [0.1, 0.15) is 23.5 Å². The monoisotopic (exact) mass is 376 g/mol. The topological polar surface area (TPSA) is 63.2 Å². The fraction of sp³-hybridized carbons (Fsp3) is 0.409. The minimum absolute atomic E-state index is 0.0419. The maximum Gasteiger partial charge on any atom is 0.167 e. The van der Waals surface area contributed by atoms with Crippen molar-refractivity contribution in [2.75, 3.05) is 0 Å². The summed E-state index contributed by atoms with van der Waals surface area (Å²) in [6.45, 7) is 2.00. The van der Waals surface area contributed by atoms with E-state index in [1.807, 2.05) is 19.2 Å². The van der Waals surface area contributed by atoms with Crippen LogP contribution in [0.15, 0.2) is 36.5 Å². The number of fused-ring (bicyclic) bond motifs is 1. The van der Waals surface area contributed by atoms with Crippen molar-refractivity contribution >= 4 is 5.65 Å². The zero-order valence-corrected chi connectivity index (χ0v) is 15.7. The molecule has 3 aromatic rings. The van der Waals surface area contributed by atoms with Crippen LogP contribution in [0.4, 0.5) is 4.39 Å². The van der Waals surface area contributed by atoms with E-state index in [-0.39, 0.29) is 11.9 Å². The van der Waals surface area contributed by atoms with Gasteiger partial charge in [0.05, 0.1) is 11.5 Å². The Bertz CT molecular complexity index is 1070. The maximum atomic E-state index is 13.2. The summed E-state index contributed by atoms with van der Waals surface area (Å²) in [7, 11) is 0. The second kappa shape index (κ2) is 6.30. The number of benzene rings is 1. The Morgan fingerprint density at radius 3 is 2.64 bits per heavy atom. The van der Waals surface area contributed by atoms with E-state index >= 15 is 0 Å². The predicted octanol–water partition coefficient (Wildman–Crippen LogP) is 4.13. The molecule has 0 unspecified atom stereocenters. The van der Waals surface area contributed by atoms with E-state index in [1.165, 1.54) is 25.0 Å². The highest BCUT2D eigenvalue weighted by molar-refractivity contribution is 5.54. The quantitative estimate of drug-likeness (QED) is 0.672. The molecule has 0 bridgehead atoms. The molecule has 0 atom stereocenters. The first-order valence-electron chi connectivity index (χ1n) is 9.75. The van der Waals surface area contributed by atoms with Gasteiger partial charge in [-0.2, -0.15) is 5.26 Å². The number of nitrogens with zero attached hydrogens (tertiary/aromatic N) is 4. The molecule has 2 aliphatic carbocycles. The van der Waals surface area contributed by atoms with Gasteiger partial charge in [-0.1, -0.05) is 12.1 Å². The number of nitriles is 1. The third kappa shape index (κ3) is 2.82. The molecule has 5 rings (SSSR count). The smallest absolute Gasteiger partial charge is 0.167 e. The Morgan fingerprint density at radius 2 is 1.96 bits per heavy atom. The standard InChI is InChI=1S/C22H21FN4O/c1-14-19(8-9-27-20(10-15-2-3-15)25-26-21(14)27)28-18-11-22(12-18,13-24)16-4-6-17(23)7-5-16/h4-9,15,18H,2-3,10-12H2,1H3. The van der Waals surface area contributed by atoms with E-state index in [1.54, 1.807) is 12.1 Å². The molecule has 2 fully saturated rings. The van der Waals surface area contributed by atoms with Gasteiger partial charge < -0.3 is 4.74 Å². The number of hydrogen-bond donors (Lipinski definition) is 0. The van der Waals surface area contributed by atoms with Crippen molar-refractivity contribution in [3.63, 3.8) is 0 Å². The highest BCUT2D eigenvalue weighted by Gasteiger charge is 2.47. The first-order chi connectivity index (χ1) is 13.6. The number of rotatable bonds is 5. The van der Waals surface area contributed by atoms with E-state index in [2.05, 4.69) is 20.7 Å². The molecule has 0 aliphatic heterocycles. The van der Waals surface area contributed by atoms with Crippen LogP contribution in [0.3, 0.4) is 0 Å². The van der Waals surface area contributed by atoms with E-state index in [0.717, 1.165) is 40.7 Å². The Morgan fingerprint density at radius 1 is 1.21 bits per heavy atom. The summed E-state index contributed by atoms with van der Waals surface area (Å²) in [5, 5.41) is 18.4. The molecule has 0 saturated heterocycles. The first-order valence-corrected chi connectivity index (χ1v) is 9.75. The number of aromatic nitrogens is 3. The normalized spacial score (nSPS) is 24.0. The molecule has 0 amide bonds. The Labute approximate surface area is 162 Å². The van der Waals surface area contributed by atoms with Gasteiger partial charge in [0.15, 0.2) is 5.65 Å². The molecular formula is C22H21FN4O. The molecule has 2 saturated carbocycles. The number of ether oxygens (including phenoxy) is 1. The Balaban J connectivity index is 1.33. The minimum atomic E-state index is -0.595. The lowest BCUT2D eigenvalue weighted by Crippen LogP contribution is -2.46. The van der Waals surface area contributed by atoms with Gasteiger partial charge in [-0.3, -0.25) is 4.40 Å². The van der Waals surface area contributed by atoms with Crippen LogP contribution < -0.4 is 4.74 Å². The zero-order chi connectivity index (χ0) is 19.3. The summed E-state index contributed by atoms with van der Waals surface area (Å²) >= 11 is 0. The van der Waals surface area contributed by atoms with Crippen LogP contribution >= 0.6 is 0 Å². The average Bonchev–Trinajstić information content (AvgIpc) is 3.39. The Hall–Kier alpha value is -2.94. The Kier molecular flexibility index (Phi) is 3.87. The van der Waals surface area contributed by atoms with Crippen molar-refractivity contribution in [1.82, 2.24) is 14.6 Å². The largest absolute Gasteiger partial charge is 0.490 e. The van der Waals surface area contributed by atoms with Crippen LogP contribution in [0.1, 0.15) is 42.6 Å². The van der Waals surface area contributed by atoms with Crippen LogP contribution in [0, 0.1) is 30.0 Å². The van der Waals surface area contributed by atoms with Crippen LogP contribution in [-0.2, 0) is 11.8 Å². The van der Waals surface area contributed by atoms with Crippen LogP contribution in [0.25, 0.3) is 5.65 Å². The van der Waals surface area contributed by atoms with Gasteiger partial charge in [-0.15, -0.1) is 10.2 Å². The lowest BCUT2D eigenvalue weighted by molar-refractivity contribution is 0.0662. The number of aryl methyl sites for hydroxylation is 1. The zero-order valence-electron chi connectivity index (χ0n) is 15.7. The van der Waals surface area contributed by atoms with Gasteiger partial charge in [0.2, 0.25) is 0 Å². The van der Waals surface area contributed by atoms with Crippen molar-refractivity contribution in [2.24, 2.45) is 5.92 Å². The van der Waals surface area contributed by atoms with Crippen molar-refractivity contribution in [3.8, 4) is 11.8 Å². The molecule has 5 nitrogen and oxygen atoms in total. The lowest BCUT2D eigenvalue weighted by atomic mass is 9.63. The van der Waals surface area contributed by atoms with E-state index in [0.29, 0.717) is 12.8 Å². The molecule has 1 aromatic carbocycles. The van der Waals surface area contributed by atoms with Crippen LogP contribution in [-0.4, -0.2) is 20.7 Å². The third-order valence-corrected chi connectivity index (χ3v) is 6.07. The number of halogens is 1. The molecule has 2 heterocycles.